The number of halogens is 5. The molecule has 1 aliphatic rings. The van der Waals surface area contributed by atoms with Crippen LogP contribution in [0.4, 0.5) is 33.3 Å². The molecule has 4 aromatic rings. The number of amides is 2. The number of carboxylic acids is 1. The highest BCUT2D eigenvalue weighted by Crippen LogP contribution is 2.35. The first-order chi connectivity index (χ1) is 21.3. The summed E-state index contributed by atoms with van der Waals surface area (Å²) in [7, 11) is 1.31. The fourth-order valence-electron chi connectivity index (χ4n) is 5.22. The van der Waals surface area contributed by atoms with Gasteiger partial charge in [-0.25, -0.2) is 13.6 Å². The van der Waals surface area contributed by atoms with Gasteiger partial charge in [0.1, 0.15) is 17.4 Å². The Morgan fingerprint density at radius 3 is 2.11 bits per heavy atom. The minimum Gasteiger partial charge on any atom is -0.496 e. The maximum Gasteiger partial charge on any atom is 0.419 e. The standard InChI is InChI=1S/C33H25F5N2O5/c1-45-29-11-7-19(22-14-20(32(43)44)6-9-26(22)34)13-24(29)31(42)40-28-15-18-5-3-2-4-17(18)12-23(28)30(41)39-21-8-10-27(35)25(16-21)33(36,37)38/h6-16H,2-5H2,1H3,(H,39,41)(H,40,42)(H,43,44). The van der Waals surface area contributed by atoms with Crippen molar-refractivity contribution >= 4 is 29.2 Å². The molecule has 12 heteroatoms. The average Bonchev–Trinajstić information content (AvgIpc) is 3.00. The fraction of sp³-hybridized carbons (Fsp3) is 0.182. The minimum absolute atomic E-state index is 0.0443. The van der Waals surface area contributed by atoms with E-state index >= 15 is 0 Å². The molecule has 0 aliphatic heterocycles. The van der Waals surface area contributed by atoms with E-state index in [2.05, 4.69) is 10.6 Å². The summed E-state index contributed by atoms with van der Waals surface area (Å²) in [6, 6.07) is 12.7. The number of rotatable bonds is 7. The van der Waals surface area contributed by atoms with E-state index in [1.807, 2.05) is 0 Å². The lowest BCUT2D eigenvalue weighted by Gasteiger charge is -2.21. The second-order valence-corrected chi connectivity index (χ2v) is 10.4. The third kappa shape index (κ3) is 6.64. The van der Waals surface area contributed by atoms with Crippen LogP contribution >= 0.6 is 0 Å². The Bertz CT molecular complexity index is 1840. The Kier molecular flexibility index (Phi) is 8.58. The molecule has 2 amide bonds. The first-order valence-corrected chi connectivity index (χ1v) is 13.7. The molecule has 0 saturated carbocycles. The Labute approximate surface area is 253 Å². The Morgan fingerprint density at radius 1 is 0.778 bits per heavy atom. The zero-order valence-corrected chi connectivity index (χ0v) is 23.6. The first kappa shape index (κ1) is 31.2. The number of carbonyl (C=O) groups excluding carboxylic acids is 2. The van der Waals surface area contributed by atoms with Gasteiger partial charge in [0.05, 0.1) is 35.1 Å². The lowest BCUT2D eigenvalue weighted by Crippen LogP contribution is -2.21. The highest BCUT2D eigenvalue weighted by atomic mass is 19.4. The number of aryl methyl sites for hydroxylation is 2. The van der Waals surface area contributed by atoms with Gasteiger partial charge in [-0.2, -0.15) is 13.2 Å². The van der Waals surface area contributed by atoms with Crippen molar-refractivity contribution in [1.29, 1.82) is 0 Å². The molecule has 0 spiro atoms. The SMILES string of the molecule is COc1ccc(-c2cc(C(=O)O)ccc2F)cc1C(=O)Nc1cc2c(cc1C(=O)Nc1ccc(F)c(C(F)(F)F)c1)CCCC2. The van der Waals surface area contributed by atoms with Crippen LogP contribution in [0.5, 0.6) is 5.75 Å². The summed E-state index contributed by atoms with van der Waals surface area (Å²) < 4.78 is 73.7. The summed E-state index contributed by atoms with van der Waals surface area (Å²) in [6.07, 6.45) is -1.93. The van der Waals surface area contributed by atoms with Gasteiger partial charge in [-0.3, -0.25) is 9.59 Å². The highest BCUT2D eigenvalue weighted by Gasteiger charge is 2.34. The fourth-order valence-corrected chi connectivity index (χ4v) is 5.22. The van der Waals surface area contributed by atoms with Crippen LogP contribution in [0.2, 0.25) is 0 Å². The van der Waals surface area contributed by atoms with E-state index in [9.17, 15) is 41.4 Å². The van der Waals surface area contributed by atoms with Gasteiger partial charge >= 0.3 is 12.1 Å². The van der Waals surface area contributed by atoms with Gasteiger partial charge in [0.25, 0.3) is 11.8 Å². The number of hydrogen-bond acceptors (Lipinski definition) is 4. The molecule has 0 aromatic heterocycles. The van der Waals surface area contributed by atoms with Crippen molar-refractivity contribution in [3.63, 3.8) is 0 Å². The molecule has 7 nitrogen and oxygen atoms in total. The number of carbonyl (C=O) groups is 3. The molecule has 5 rings (SSSR count). The number of fused-ring (bicyclic) bond motifs is 1. The summed E-state index contributed by atoms with van der Waals surface area (Å²) in [5.74, 6) is -4.98. The van der Waals surface area contributed by atoms with Crippen LogP contribution in [-0.2, 0) is 19.0 Å². The molecule has 3 N–H and O–H groups in total. The summed E-state index contributed by atoms with van der Waals surface area (Å²) in [5, 5.41) is 14.4. The maximum absolute atomic E-state index is 14.7. The number of carboxylic acid groups (broad SMARTS) is 1. The quantitative estimate of drug-likeness (QED) is 0.183. The Balaban J connectivity index is 1.52. The lowest BCUT2D eigenvalue weighted by atomic mass is 9.89. The van der Waals surface area contributed by atoms with Crippen LogP contribution in [0.25, 0.3) is 11.1 Å². The van der Waals surface area contributed by atoms with Gasteiger partial charge in [-0.1, -0.05) is 6.07 Å². The van der Waals surface area contributed by atoms with E-state index in [1.165, 1.54) is 25.3 Å². The van der Waals surface area contributed by atoms with Crippen molar-refractivity contribution in [2.75, 3.05) is 17.7 Å². The number of benzene rings is 4. The van der Waals surface area contributed by atoms with Gasteiger partial charge in [0.2, 0.25) is 0 Å². The van der Waals surface area contributed by atoms with Gasteiger partial charge in [-0.05, 0) is 103 Å². The van der Waals surface area contributed by atoms with Crippen molar-refractivity contribution in [2.24, 2.45) is 0 Å². The summed E-state index contributed by atoms with van der Waals surface area (Å²) in [4.78, 5) is 38.5. The van der Waals surface area contributed by atoms with E-state index in [1.54, 1.807) is 12.1 Å². The van der Waals surface area contributed by atoms with E-state index in [-0.39, 0.29) is 44.9 Å². The predicted molar refractivity (Wildman–Crippen MR) is 156 cm³/mol. The van der Waals surface area contributed by atoms with Crippen molar-refractivity contribution < 1.29 is 46.2 Å². The molecule has 232 valence electrons. The van der Waals surface area contributed by atoms with Gasteiger partial charge < -0.3 is 20.5 Å². The molecule has 0 unspecified atom stereocenters. The van der Waals surface area contributed by atoms with E-state index in [0.29, 0.717) is 25.0 Å². The third-order valence-corrected chi connectivity index (χ3v) is 7.47. The molecule has 0 heterocycles. The number of aromatic carboxylic acids is 1. The topological polar surface area (TPSA) is 105 Å². The normalized spacial score (nSPS) is 12.7. The zero-order valence-electron chi connectivity index (χ0n) is 23.6. The minimum atomic E-state index is -4.98. The second-order valence-electron chi connectivity index (χ2n) is 10.4. The maximum atomic E-state index is 14.7. The number of hydrogen-bond donors (Lipinski definition) is 3. The van der Waals surface area contributed by atoms with Crippen LogP contribution in [0, 0.1) is 11.6 Å². The number of methoxy groups -OCH3 is 1. The molecular weight excluding hydrogens is 599 g/mol. The Morgan fingerprint density at radius 2 is 1.44 bits per heavy atom. The third-order valence-electron chi connectivity index (χ3n) is 7.47. The molecule has 4 aromatic carbocycles. The van der Waals surface area contributed by atoms with Crippen LogP contribution in [-0.4, -0.2) is 30.0 Å². The van der Waals surface area contributed by atoms with E-state index < -0.39 is 41.2 Å². The lowest BCUT2D eigenvalue weighted by molar-refractivity contribution is -0.139. The largest absolute Gasteiger partial charge is 0.496 e. The van der Waals surface area contributed by atoms with Gasteiger partial charge in [0, 0.05) is 11.3 Å². The average molecular weight is 625 g/mol. The van der Waals surface area contributed by atoms with Crippen LogP contribution in [0.15, 0.2) is 66.7 Å². The van der Waals surface area contributed by atoms with Gasteiger partial charge in [-0.15, -0.1) is 0 Å². The van der Waals surface area contributed by atoms with Crippen molar-refractivity contribution in [2.45, 2.75) is 31.9 Å². The van der Waals surface area contributed by atoms with Crippen LogP contribution in [0.3, 0.4) is 0 Å². The van der Waals surface area contributed by atoms with Gasteiger partial charge in [0.15, 0.2) is 0 Å². The predicted octanol–water partition coefficient (Wildman–Crippen LogP) is 7.74. The zero-order chi connectivity index (χ0) is 32.5. The monoisotopic (exact) mass is 624 g/mol. The molecule has 45 heavy (non-hydrogen) atoms. The number of anilines is 2. The smallest absolute Gasteiger partial charge is 0.419 e. The highest BCUT2D eigenvalue weighted by molar-refractivity contribution is 6.13. The second kappa shape index (κ2) is 12.4. The van der Waals surface area contributed by atoms with Crippen molar-refractivity contribution in [3.05, 3.63) is 112 Å². The van der Waals surface area contributed by atoms with Crippen molar-refractivity contribution in [3.8, 4) is 16.9 Å². The molecule has 0 saturated heterocycles. The van der Waals surface area contributed by atoms with Crippen molar-refractivity contribution in [1.82, 2.24) is 0 Å². The van der Waals surface area contributed by atoms with E-state index in [4.69, 9.17) is 4.74 Å². The number of nitrogens with one attached hydrogen (secondary N) is 2. The molecular formula is C33H25F5N2O5. The Hall–Kier alpha value is -5.26. The summed E-state index contributed by atoms with van der Waals surface area (Å²) >= 11 is 0. The van der Waals surface area contributed by atoms with Crippen LogP contribution < -0.4 is 15.4 Å². The number of alkyl halides is 3. The summed E-state index contributed by atoms with van der Waals surface area (Å²) in [6.45, 7) is 0. The molecule has 0 atom stereocenters. The van der Waals surface area contributed by atoms with Crippen LogP contribution in [0.1, 0.15) is 60.6 Å². The first-order valence-electron chi connectivity index (χ1n) is 13.7. The summed E-state index contributed by atoms with van der Waals surface area (Å²) in [5.41, 5.74) is -0.232. The molecule has 0 fully saturated rings. The van der Waals surface area contributed by atoms with E-state index in [0.717, 1.165) is 48.2 Å². The molecule has 0 radical (unpaired) electrons. The number of ether oxygens (including phenoxy) is 1. The molecule has 0 bridgehead atoms. The molecule has 1 aliphatic carbocycles.